The van der Waals surface area contributed by atoms with Crippen molar-refractivity contribution >= 4 is 17.9 Å². The Morgan fingerprint density at radius 1 is 1.24 bits per heavy atom. The predicted molar refractivity (Wildman–Crippen MR) is 68.0 cm³/mol. The number of hydrogen-bond donors (Lipinski definition) is 2. The van der Waals surface area contributed by atoms with Crippen LogP contribution in [0.15, 0.2) is 11.6 Å². The van der Waals surface area contributed by atoms with Crippen LogP contribution in [0.5, 0.6) is 0 Å². The minimum atomic E-state index is -1.21. The highest BCUT2D eigenvalue weighted by Crippen LogP contribution is 2.27. The molecule has 0 aliphatic heterocycles. The Morgan fingerprint density at radius 3 is 2.24 bits per heavy atom. The van der Waals surface area contributed by atoms with Crippen LogP contribution in [0.2, 0.25) is 0 Å². The minimum Gasteiger partial charge on any atom is -0.478 e. The number of aliphatic hydroxyl groups excluding tert-OH is 1. The number of carboxylic acid groups (broad SMARTS) is 1. The first-order chi connectivity index (χ1) is 9.70. The molecule has 0 aromatic rings. The summed E-state index contributed by atoms with van der Waals surface area (Å²) in [5, 5.41) is 18.4. The van der Waals surface area contributed by atoms with Gasteiger partial charge in [-0.15, -0.1) is 0 Å². The fourth-order valence-electron chi connectivity index (χ4n) is 2.07. The monoisotopic (exact) mass is 302 g/mol. The molecule has 0 aromatic heterocycles. The maximum atomic E-state index is 11.1. The first-order valence-corrected chi connectivity index (χ1v) is 6.32. The zero-order valence-electron chi connectivity index (χ0n) is 11.9. The van der Waals surface area contributed by atoms with Gasteiger partial charge in [-0.1, -0.05) is 0 Å². The van der Waals surface area contributed by atoms with Gasteiger partial charge in [-0.3, -0.25) is 9.59 Å². The Morgan fingerprint density at radius 2 is 1.81 bits per heavy atom. The van der Waals surface area contributed by atoms with Crippen LogP contribution >= 0.6 is 0 Å². The molecule has 118 valence electrons. The number of aliphatic carboxylic acids is 1. The number of ether oxygens (including phenoxy) is 3. The lowest BCUT2D eigenvalue weighted by Crippen LogP contribution is -2.48. The zero-order valence-corrected chi connectivity index (χ0v) is 11.9. The molecular formula is C13H18O8. The Balaban J connectivity index is 3.10. The second kappa shape index (κ2) is 7.19. The van der Waals surface area contributed by atoms with Crippen LogP contribution in [0.1, 0.15) is 27.2 Å². The number of carboxylic acids is 1. The number of carbonyl (C=O) groups is 3. The summed E-state index contributed by atoms with van der Waals surface area (Å²) in [6, 6.07) is 0. The molecule has 8 heteroatoms. The summed E-state index contributed by atoms with van der Waals surface area (Å²) in [7, 11) is 0. The van der Waals surface area contributed by atoms with Crippen molar-refractivity contribution < 1.29 is 38.8 Å². The summed E-state index contributed by atoms with van der Waals surface area (Å²) < 4.78 is 15.2. The second-order valence-corrected chi connectivity index (χ2v) is 4.62. The van der Waals surface area contributed by atoms with E-state index in [1.165, 1.54) is 19.9 Å². The average molecular weight is 302 g/mol. The predicted octanol–water partition coefficient (Wildman–Crippen LogP) is -0.0120. The molecule has 1 unspecified atom stereocenters. The second-order valence-electron chi connectivity index (χ2n) is 4.62. The van der Waals surface area contributed by atoms with Gasteiger partial charge in [0.1, 0.15) is 12.2 Å². The molecule has 0 aromatic carbocycles. The third kappa shape index (κ3) is 5.16. The highest BCUT2D eigenvalue weighted by atomic mass is 16.6. The van der Waals surface area contributed by atoms with Gasteiger partial charge in [0, 0.05) is 25.8 Å². The molecule has 0 saturated heterocycles. The lowest BCUT2D eigenvalue weighted by atomic mass is 9.91. The number of hydrogen-bond acceptors (Lipinski definition) is 7. The van der Waals surface area contributed by atoms with Crippen molar-refractivity contribution in [2.24, 2.45) is 0 Å². The normalized spacial score (nSPS) is 26.5. The molecular weight excluding hydrogens is 284 g/mol. The minimum absolute atomic E-state index is 0.0575. The van der Waals surface area contributed by atoms with E-state index in [-0.39, 0.29) is 12.0 Å². The summed E-state index contributed by atoms with van der Waals surface area (Å²) in [5.74, 6) is -2.49. The lowest BCUT2D eigenvalue weighted by molar-refractivity contribution is -0.203. The van der Waals surface area contributed by atoms with Gasteiger partial charge >= 0.3 is 17.9 Å². The molecule has 2 N–H and O–H groups in total. The van der Waals surface area contributed by atoms with Gasteiger partial charge in [-0.25, -0.2) is 4.79 Å². The van der Waals surface area contributed by atoms with Crippen molar-refractivity contribution in [1.82, 2.24) is 0 Å². The molecule has 1 rings (SSSR count). The molecule has 0 spiro atoms. The van der Waals surface area contributed by atoms with Crippen molar-refractivity contribution in [3.05, 3.63) is 11.6 Å². The maximum Gasteiger partial charge on any atom is 0.331 e. The van der Waals surface area contributed by atoms with Gasteiger partial charge in [0.15, 0.2) is 12.4 Å². The Hall–Kier alpha value is -1.93. The third-order valence-corrected chi connectivity index (χ3v) is 2.72. The topological polar surface area (TPSA) is 119 Å². The summed E-state index contributed by atoms with van der Waals surface area (Å²) >= 11 is 0. The van der Waals surface area contributed by atoms with E-state index in [4.69, 9.17) is 19.3 Å². The molecule has 1 aliphatic rings. The van der Waals surface area contributed by atoms with Gasteiger partial charge in [0.05, 0.1) is 0 Å². The van der Waals surface area contributed by atoms with Crippen LogP contribution in [0.3, 0.4) is 0 Å². The molecule has 0 amide bonds. The summed E-state index contributed by atoms with van der Waals surface area (Å²) in [4.78, 5) is 33.4. The van der Waals surface area contributed by atoms with Crippen molar-refractivity contribution in [3.8, 4) is 0 Å². The van der Waals surface area contributed by atoms with Gasteiger partial charge in [-0.2, -0.15) is 0 Å². The summed E-state index contributed by atoms with van der Waals surface area (Å²) in [6.45, 7) is 3.66. The molecule has 0 bridgehead atoms. The SMILES string of the molecule is CC(=O)O[C@@H]1C=C(C(=O)O)C[C@@H](OC(C)=O)[C@@H]1OC(C)O. The molecule has 0 radical (unpaired) electrons. The van der Waals surface area contributed by atoms with E-state index in [9.17, 15) is 19.5 Å². The van der Waals surface area contributed by atoms with Crippen LogP contribution in [0, 0.1) is 0 Å². The number of carbonyl (C=O) groups excluding carboxylic acids is 2. The summed E-state index contributed by atoms with van der Waals surface area (Å²) in [5.41, 5.74) is -0.0575. The molecule has 1 aliphatic carbocycles. The van der Waals surface area contributed by atoms with Crippen molar-refractivity contribution in [3.63, 3.8) is 0 Å². The zero-order chi connectivity index (χ0) is 16.2. The quantitative estimate of drug-likeness (QED) is 0.537. The first-order valence-electron chi connectivity index (χ1n) is 6.32. The van der Waals surface area contributed by atoms with E-state index >= 15 is 0 Å². The van der Waals surface area contributed by atoms with Gasteiger partial charge < -0.3 is 24.4 Å². The fraction of sp³-hybridized carbons (Fsp3) is 0.615. The molecule has 21 heavy (non-hydrogen) atoms. The van der Waals surface area contributed by atoms with Crippen LogP contribution in [0.4, 0.5) is 0 Å². The Bertz CT molecular complexity index is 453. The molecule has 0 saturated carbocycles. The van der Waals surface area contributed by atoms with Crippen molar-refractivity contribution in [2.45, 2.75) is 51.8 Å². The fourth-order valence-corrected chi connectivity index (χ4v) is 2.07. The first kappa shape index (κ1) is 17.1. The van der Waals surface area contributed by atoms with E-state index in [2.05, 4.69) is 0 Å². The third-order valence-electron chi connectivity index (χ3n) is 2.72. The molecule has 0 fully saturated rings. The Kier molecular flexibility index (Phi) is 5.86. The van der Waals surface area contributed by atoms with Crippen LogP contribution in [-0.4, -0.2) is 52.7 Å². The van der Waals surface area contributed by atoms with Gasteiger partial charge in [-0.05, 0) is 13.0 Å². The van der Waals surface area contributed by atoms with E-state index < -0.39 is 42.5 Å². The van der Waals surface area contributed by atoms with Crippen molar-refractivity contribution in [2.75, 3.05) is 0 Å². The van der Waals surface area contributed by atoms with E-state index in [1.54, 1.807) is 0 Å². The van der Waals surface area contributed by atoms with Crippen molar-refractivity contribution in [1.29, 1.82) is 0 Å². The standard InChI is InChI=1S/C13H18O8/c1-6(14)19-10-4-9(13(17)18)5-11(20-7(2)15)12(10)21-8(3)16/h4,8,10-12,16H,5H2,1-3H3,(H,17,18)/t8?,10-,11-,12-/m1/s1. The van der Waals surface area contributed by atoms with Crippen LogP contribution in [0.25, 0.3) is 0 Å². The molecule has 0 heterocycles. The lowest BCUT2D eigenvalue weighted by Gasteiger charge is -2.35. The van der Waals surface area contributed by atoms with E-state index in [1.807, 2.05) is 0 Å². The number of esters is 2. The average Bonchev–Trinajstić information content (AvgIpc) is 2.30. The highest BCUT2D eigenvalue weighted by molar-refractivity contribution is 5.87. The van der Waals surface area contributed by atoms with E-state index in [0.29, 0.717) is 0 Å². The smallest absolute Gasteiger partial charge is 0.331 e. The summed E-state index contributed by atoms with van der Waals surface area (Å²) in [6.07, 6.45) is -3.12. The molecule has 4 atom stereocenters. The van der Waals surface area contributed by atoms with E-state index in [0.717, 1.165) is 6.92 Å². The van der Waals surface area contributed by atoms with Gasteiger partial charge in [0.25, 0.3) is 0 Å². The van der Waals surface area contributed by atoms with Crippen LogP contribution < -0.4 is 0 Å². The number of aliphatic hydroxyl groups is 1. The van der Waals surface area contributed by atoms with Crippen LogP contribution in [-0.2, 0) is 28.6 Å². The Labute approximate surface area is 121 Å². The molecule has 8 nitrogen and oxygen atoms in total. The highest BCUT2D eigenvalue weighted by Gasteiger charge is 2.40. The maximum absolute atomic E-state index is 11.1. The largest absolute Gasteiger partial charge is 0.478 e. The number of rotatable bonds is 5. The van der Waals surface area contributed by atoms with Gasteiger partial charge in [0.2, 0.25) is 0 Å².